The van der Waals surface area contributed by atoms with E-state index in [4.69, 9.17) is 15.9 Å². The van der Waals surface area contributed by atoms with Gasteiger partial charge in [-0.05, 0) is 41.6 Å². The van der Waals surface area contributed by atoms with Crippen molar-refractivity contribution in [2.45, 2.75) is 26.1 Å². The summed E-state index contributed by atoms with van der Waals surface area (Å²) in [6.07, 6.45) is 2.44. The Hall–Kier alpha value is -2.19. The molecule has 6 nitrogen and oxygen atoms in total. The first-order valence-electron chi connectivity index (χ1n) is 8.70. The maximum absolute atomic E-state index is 10.6. The van der Waals surface area contributed by atoms with Crippen LogP contribution in [0.2, 0.25) is 0 Å². The van der Waals surface area contributed by atoms with Crippen LogP contribution in [0.1, 0.15) is 36.1 Å². The average molecular weight is 390 g/mol. The fraction of sp³-hybridized carbons (Fsp3) is 0.350. The van der Waals surface area contributed by atoms with E-state index in [9.17, 15) is 10.2 Å². The lowest BCUT2D eigenvalue weighted by Crippen LogP contribution is -2.39. The van der Waals surface area contributed by atoms with Crippen LogP contribution in [-0.2, 0) is 0 Å². The number of methoxy groups -OCH3 is 1. The minimum atomic E-state index is -1.06. The number of hydrogen-bond donors (Lipinski definition) is 5. The summed E-state index contributed by atoms with van der Waals surface area (Å²) in [6.45, 7) is 3.81. The lowest BCUT2D eigenvalue weighted by molar-refractivity contribution is 0.0883. The lowest BCUT2D eigenvalue weighted by atomic mass is 9.99. The molecule has 2 atom stereocenters. The molecule has 0 radical (unpaired) electrons. The molecule has 2 aromatic rings. The Balaban J connectivity index is 2.35. The number of nitrogen functional groups attached to an aromatic ring is 1. The highest BCUT2D eigenvalue weighted by Gasteiger charge is 2.23. The third-order valence-corrected chi connectivity index (χ3v) is 5.16. The van der Waals surface area contributed by atoms with Crippen LogP contribution in [0.15, 0.2) is 35.7 Å². The third-order valence-electron chi connectivity index (χ3n) is 4.32. The van der Waals surface area contributed by atoms with Crippen molar-refractivity contribution in [1.29, 1.82) is 5.41 Å². The van der Waals surface area contributed by atoms with E-state index in [0.717, 1.165) is 4.88 Å². The van der Waals surface area contributed by atoms with Crippen molar-refractivity contribution in [2.24, 2.45) is 5.92 Å². The second-order valence-electron chi connectivity index (χ2n) is 6.52. The van der Waals surface area contributed by atoms with Gasteiger partial charge in [0.15, 0.2) is 0 Å². The fourth-order valence-corrected chi connectivity index (χ4v) is 3.33. The Morgan fingerprint density at radius 3 is 2.67 bits per heavy atom. The van der Waals surface area contributed by atoms with Crippen LogP contribution in [-0.4, -0.2) is 35.7 Å². The van der Waals surface area contributed by atoms with Crippen molar-refractivity contribution in [3.05, 3.63) is 51.7 Å². The molecule has 0 aliphatic heterocycles. The number of anilines is 1. The number of aliphatic hydroxyl groups excluding tert-OH is 2. The maximum Gasteiger partial charge on any atom is 0.137 e. The van der Waals surface area contributed by atoms with Crippen molar-refractivity contribution < 1.29 is 14.9 Å². The molecule has 0 saturated carbocycles. The number of nitrogens with one attached hydrogen (secondary N) is 2. The fourth-order valence-electron chi connectivity index (χ4n) is 2.71. The van der Waals surface area contributed by atoms with Gasteiger partial charge < -0.3 is 26.1 Å². The summed E-state index contributed by atoms with van der Waals surface area (Å²) in [5.41, 5.74) is 7.57. The molecule has 1 heterocycles. The number of nitrogens with two attached hydrogens (primary N) is 1. The van der Waals surface area contributed by atoms with Crippen LogP contribution in [0.3, 0.4) is 0 Å². The summed E-state index contributed by atoms with van der Waals surface area (Å²) < 4.78 is 5.50. The molecule has 0 bridgehead atoms. The summed E-state index contributed by atoms with van der Waals surface area (Å²) in [4.78, 5) is 1.03. The zero-order valence-corrected chi connectivity index (χ0v) is 16.6. The van der Waals surface area contributed by atoms with E-state index in [0.29, 0.717) is 22.6 Å². The van der Waals surface area contributed by atoms with Gasteiger partial charge in [0.2, 0.25) is 0 Å². The average Bonchev–Trinajstić information content (AvgIpc) is 3.16. The van der Waals surface area contributed by atoms with Gasteiger partial charge in [-0.15, -0.1) is 11.3 Å². The van der Waals surface area contributed by atoms with Gasteiger partial charge in [0, 0.05) is 22.2 Å². The zero-order chi connectivity index (χ0) is 20.0. The van der Waals surface area contributed by atoms with Gasteiger partial charge in [-0.3, -0.25) is 5.32 Å². The predicted molar refractivity (Wildman–Crippen MR) is 111 cm³/mol. The van der Waals surface area contributed by atoms with E-state index >= 15 is 0 Å². The van der Waals surface area contributed by atoms with Crippen molar-refractivity contribution in [1.82, 2.24) is 5.32 Å². The molecule has 7 heteroatoms. The molecule has 6 N–H and O–H groups in total. The van der Waals surface area contributed by atoms with E-state index in [1.165, 1.54) is 7.11 Å². The van der Waals surface area contributed by atoms with Gasteiger partial charge in [-0.2, -0.15) is 0 Å². The van der Waals surface area contributed by atoms with E-state index < -0.39 is 6.23 Å². The molecule has 0 fully saturated rings. The summed E-state index contributed by atoms with van der Waals surface area (Å²) in [7, 11) is 1.48. The predicted octanol–water partition coefficient (Wildman–Crippen LogP) is 3.02. The maximum atomic E-state index is 10.6. The van der Waals surface area contributed by atoms with E-state index in [1.807, 2.05) is 37.4 Å². The standard InChI is InChI=1S/C20H27N3O3S/c1-12(2)17(11-24)23-20(25)14-7-9-16(22)18(19(14)26-3)15(21)8-6-13-5-4-10-27-13/h4-10,12,17,20-21,23-25H,11,22H2,1-3H3/b8-6+,21-15?. The van der Waals surface area contributed by atoms with Gasteiger partial charge in [0.25, 0.3) is 0 Å². The van der Waals surface area contributed by atoms with Gasteiger partial charge in [-0.1, -0.05) is 19.9 Å². The number of hydrogen-bond acceptors (Lipinski definition) is 7. The minimum absolute atomic E-state index is 0.0990. The van der Waals surface area contributed by atoms with E-state index in [-0.39, 0.29) is 24.3 Å². The Labute approximate surface area is 163 Å². The van der Waals surface area contributed by atoms with E-state index in [2.05, 4.69) is 5.32 Å². The molecule has 0 saturated heterocycles. The minimum Gasteiger partial charge on any atom is -0.496 e. The van der Waals surface area contributed by atoms with Gasteiger partial charge in [0.05, 0.1) is 25.0 Å². The molecule has 1 aromatic heterocycles. The highest BCUT2D eigenvalue weighted by molar-refractivity contribution is 7.10. The third kappa shape index (κ3) is 5.17. The number of allylic oxidation sites excluding steroid dienone is 1. The number of ether oxygens (including phenoxy) is 1. The van der Waals surface area contributed by atoms with E-state index in [1.54, 1.807) is 29.5 Å². The number of thiophene rings is 1. The normalized spacial score (nSPS) is 13.9. The largest absolute Gasteiger partial charge is 0.496 e. The molecule has 2 unspecified atom stereocenters. The molecule has 1 aromatic carbocycles. The second kappa shape index (κ2) is 9.66. The molecule has 146 valence electrons. The second-order valence-corrected chi connectivity index (χ2v) is 7.50. The molecular formula is C20H27N3O3S. The van der Waals surface area contributed by atoms with Gasteiger partial charge >= 0.3 is 0 Å². The van der Waals surface area contributed by atoms with Gasteiger partial charge in [0.1, 0.15) is 12.0 Å². The lowest BCUT2D eigenvalue weighted by Gasteiger charge is -2.26. The zero-order valence-electron chi connectivity index (χ0n) is 15.8. The summed E-state index contributed by atoms with van der Waals surface area (Å²) in [5, 5.41) is 33.5. The molecule has 2 rings (SSSR count). The topological polar surface area (TPSA) is 112 Å². The Morgan fingerprint density at radius 2 is 2.11 bits per heavy atom. The molecule has 0 spiro atoms. The summed E-state index contributed by atoms with van der Waals surface area (Å²) in [6, 6.07) is 6.94. The first kappa shape index (κ1) is 21.1. The first-order valence-corrected chi connectivity index (χ1v) is 9.58. The van der Waals surface area contributed by atoms with Crippen LogP contribution in [0.5, 0.6) is 5.75 Å². The number of aliphatic hydroxyl groups is 2. The summed E-state index contributed by atoms with van der Waals surface area (Å²) >= 11 is 1.57. The van der Waals surface area contributed by atoms with Crippen LogP contribution in [0.4, 0.5) is 5.69 Å². The SMILES string of the molecule is COc1c(C(O)NC(CO)C(C)C)ccc(N)c1C(=N)/C=C/c1cccs1. The van der Waals surface area contributed by atoms with Crippen LogP contribution < -0.4 is 15.8 Å². The molecule has 0 aliphatic rings. The van der Waals surface area contributed by atoms with Crippen molar-refractivity contribution in [2.75, 3.05) is 19.5 Å². The highest BCUT2D eigenvalue weighted by Crippen LogP contribution is 2.33. The van der Waals surface area contributed by atoms with Crippen molar-refractivity contribution in [3.8, 4) is 5.75 Å². The van der Waals surface area contributed by atoms with Gasteiger partial charge in [-0.25, -0.2) is 0 Å². The molecule has 27 heavy (non-hydrogen) atoms. The number of benzene rings is 1. The summed E-state index contributed by atoms with van der Waals surface area (Å²) in [5.74, 6) is 0.479. The van der Waals surface area contributed by atoms with Crippen molar-refractivity contribution >= 4 is 28.8 Å². The monoisotopic (exact) mass is 389 g/mol. The Bertz CT molecular complexity index is 788. The van der Waals surface area contributed by atoms with Crippen LogP contribution >= 0.6 is 11.3 Å². The van der Waals surface area contributed by atoms with Crippen LogP contribution in [0, 0.1) is 11.3 Å². The highest BCUT2D eigenvalue weighted by atomic mass is 32.1. The number of rotatable bonds is 9. The quantitative estimate of drug-likeness (QED) is 0.257. The van der Waals surface area contributed by atoms with Crippen molar-refractivity contribution in [3.63, 3.8) is 0 Å². The smallest absolute Gasteiger partial charge is 0.137 e. The Morgan fingerprint density at radius 1 is 1.37 bits per heavy atom. The molecule has 0 aliphatic carbocycles. The molecule has 0 amide bonds. The van der Waals surface area contributed by atoms with Crippen LogP contribution in [0.25, 0.3) is 6.08 Å². The Kier molecular flexibility index (Phi) is 7.55. The molecular weight excluding hydrogens is 362 g/mol. The first-order chi connectivity index (χ1) is 12.9.